The fourth-order valence-corrected chi connectivity index (χ4v) is 3.93. The summed E-state index contributed by atoms with van der Waals surface area (Å²) in [5.74, 6) is 0.740. The Balaban J connectivity index is 1.70. The van der Waals surface area contributed by atoms with Crippen LogP contribution in [0.5, 0.6) is 5.75 Å². The van der Waals surface area contributed by atoms with Crippen molar-refractivity contribution < 1.29 is 4.74 Å². The lowest BCUT2D eigenvalue weighted by atomic mass is 10.0. The fraction of sp³-hybridized carbons (Fsp3) is 0.471. The molecule has 1 heterocycles. The van der Waals surface area contributed by atoms with Crippen LogP contribution >= 0.6 is 0 Å². The number of benzene rings is 1. The van der Waals surface area contributed by atoms with Crippen molar-refractivity contribution in [1.29, 1.82) is 0 Å². The van der Waals surface area contributed by atoms with Gasteiger partial charge in [0.05, 0.1) is 25.0 Å². The zero-order chi connectivity index (χ0) is 14.4. The number of para-hydroxylation sites is 1. The monoisotopic (exact) mass is 283 g/mol. The average Bonchev–Trinajstić information content (AvgIpc) is 2.92. The Labute approximate surface area is 124 Å². The number of nitrogens with two attached hydrogens (primary N) is 1. The Kier molecular flexibility index (Phi) is 2.74. The van der Waals surface area contributed by atoms with E-state index in [4.69, 9.17) is 10.5 Å². The van der Waals surface area contributed by atoms with Crippen LogP contribution in [-0.2, 0) is 0 Å². The van der Waals surface area contributed by atoms with Crippen molar-refractivity contribution in [3.05, 3.63) is 30.6 Å². The maximum absolute atomic E-state index is 6.00. The predicted octanol–water partition coefficient (Wildman–Crippen LogP) is 3.65. The second-order valence-electron chi connectivity index (χ2n) is 6.41. The van der Waals surface area contributed by atoms with Gasteiger partial charge < -0.3 is 10.5 Å². The molecule has 2 saturated carbocycles. The standard InChI is InChI=1S/C17H21N3O/c1-21-16-13(4-2-5-14(16)18)12-10-19-20(11-12)15-6-3-7-17(15)8-9-17/h2,4-5,10-11,15H,3,6-9,18H2,1H3. The molecule has 2 aliphatic carbocycles. The molecule has 0 amide bonds. The molecule has 0 aliphatic heterocycles. The number of hydrogen-bond acceptors (Lipinski definition) is 3. The first-order valence-electron chi connectivity index (χ1n) is 7.70. The molecule has 21 heavy (non-hydrogen) atoms. The largest absolute Gasteiger partial charge is 0.494 e. The predicted molar refractivity (Wildman–Crippen MR) is 83.2 cm³/mol. The number of nitrogens with zero attached hydrogens (tertiary/aromatic N) is 2. The summed E-state index contributed by atoms with van der Waals surface area (Å²) in [6.07, 6.45) is 10.8. The molecule has 4 nitrogen and oxygen atoms in total. The van der Waals surface area contributed by atoms with Crippen molar-refractivity contribution in [2.75, 3.05) is 12.8 Å². The summed E-state index contributed by atoms with van der Waals surface area (Å²) < 4.78 is 7.64. The molecule has 2 N–H and O–H groups in total. The zero-order valence-electron chi connectivity index (χ0n) is 12.4. The van der Waals surface area contributed by atoms with Gasteiger partial charge in [0.2, 0.25) is 0 Å². The minimum absolute atomic E-state index is 0.559. The normalized spacial score (nSPS) is 22.6. The van der Waals surface area contributed by atoms with E-state index in [9.17, 15) is 0 Å². The van der Waals surface area contributed by atoms with Gasteiger partial charge in [0, 0.05) is 17.3 Å². The molecule has 4 rings (SSSR count). The van der Waals surface area contributed by atoms with Crippen LogP contribution in [0.3, 0.4) is 0 Å². The van der Waals surface area contributed by atoms with Gasteiger partial charge in [0.15, 0.2) is 0 Å². The van der Waals surface area contributed by atoms with Crippen LogP contribution in [0.4, 0.5) is 5.69 Å². The quantitative estimate of drug-likeness (QED) is 0.875. The molecule has 4 heteroatoms. The van der Waals surface area contributed by atoms with Gasteiger partial charge in [-0.1, -0.05) is 18.6 Å². The lowest BCUT2D eigenvalue weighted by Crippen LogP contribution is -2.15. The van der Waals surface area contributed by atoms with E-state index in [0.29, 0.717) is 17.1 Å². The van der Waals surface area contributed by atoms with E-state index in [1.165, 1.54) is 32.1 Å². The van der Waals surface area contributed by atoms with Crippen LogP contribution < -0.4 is 10.5 Å². The Bertz CT molecular complexity index is 672. The second kappa shape index (κ2) is 4.52. The summed E-state index contributed by atoms with van der Waals surface area (Å²) in [5.41, 5.74) is 9.33. The second-order valence-corrected chi connectivity index (χ2v) is 6.41. The van der Waals surface area contributed by atoms with E-state index < -0.39 is 0 Å². The van der Waals surface area contributed by atoms with Crippen LogP contribution in [0.2, 0.25) is 0 Å². The van der Waals surface area contributed by atoms with Gasteiger partial charge in [-0.25, -0.2) is 0 Å². The summed E-state index contributed by atoms with van der Waals surface area (Å²) in [6, 6.07) is 6.45. The Morgan fingerprint density at radius 1 is 1.33 bits per heavy atom. The first-order valence-corrected chi connectivity index (χ1v) is 7.70. The van der Waals surface area contributed by atoms with Crippen molar-refractivity contribution in [2.45, 2.75) is 38.1 Å². The van der Waals surface area contributed by atoms with Crippen LogP contribution in [0.15, 0.2) is 30.6 Å². The molecule has 1 aromatic heterocycles. The van der Waals surface area contributed by atoms with Crippen molar-refractivity contribution in [2.24, 2.45) is 5.41 Å². The third kappa shape index (κ3) is 1.93. The zero-order valence-corrected chi connectivity index (χ0v) is 12.4. The first-order chi connectivity index (χ1) is 10.2. The number of aromatic nitrogens is 2. The molecule has 1 atom stereocenters. The van der Waals surface area contributed by atoms with Gasteiger partial charge in [0.1, 0.15) is 5.75 Å². The van der Waals surface area contributed by atoms with E-state index in [1.807, 2.05) is 24.4 Å². The highest BCUT2D eigenvalue weighted by atomic mass is 16.5. The summed E-state index contributed by atoms with van der Waals surface area (Å²) in [5, 5.41) is 4.64. The SMILES string of the molecule is COc1c(N)cccc1-c1cnn(C2CCCC23CC3)c1. The lowest BCUT2D eigenvalue weighted by molar-refractivity contribution is 0.331. The number of hydrogen-bond donors (Lipinski definition) is 1. The highest BCUT2D eigenvalue weighted by Crippen LogP contribution is 2.63. The number of ether oxygens (including phenoxy) is 1. The summed E-state index contributed by atoms with van der Waals surface area (Å²) in [6.45, 7) is 0. The van der Waals surface area contributed by atoms with E-state index in [0.717, 1.165) is 16.9 Å². The van der Waals surface area contributed by atoms with E-state index in [2.05, 4.69) is 16.0 Å². The highest BCUT2D eigenvalue weighted by Gasteiger charge is 2.53. The molecule has 0 bridgehead atoms. The maximum atomic E-state index is 6.00. The number of anilines is 1. The van der Waals surface area contributed by atoms with Crippen LogP contribution in [0.1, 0.15) is 38.1 Å². The van der Waals surface area contributed by atoms with Crippen LogP contribution in [-0.4, -0.2) is 16.9 Å². The molecule has 1 spiro atoms. The molecule has 2 aliphatic rings. The number of rotatable bonds is 3. The summed E-state index contributed by atoms with van der Waals surface area (Å²) in [4.78, 5) is 0. The molecule has 2 fully saturated rings. The highest BCUT2D eigenvalue weighted by molar-refractivity contribution is 5.76. The Hall–Kier alpha value is -1.97. The van der Waals surface area contributed by atoms with Crippen molar-refractivity contribution in [3.8, 4) is 16.9 Å². The molecule has 1 unspecified atom stereocenters. The third-order valence-electron chi connectivity index (χ3n) is 5.23. The number of methoxy groups -OCH3 is 1. The van der Waals surface area contributed by atoms with Gasteiger partial charge in [-0.3, -0.25) is 4.68 Å². The smallest absolute Gasteiger partial charge is 0.149 e. The molecule has 0 saturated heterocycles. The van der Waals surface area contributed by atoms with Crippen LogP contribution in [0, 0.1) is 5.41 Å². The summed E-state index contributed by atoms with van der Waals surface area (Å²) in [7, 11) is 1.66. The fourth-order valence-electron chi connectivity index (χ4n) is 3.93. The molecule has 2 aromatic rings. The Morgan fingerprint density at radius 2 is 2.19 bits per heavy atom. The summed E-state index contributed by atoms with van der Waals surface area (Å²) >= 11 is 0. The molecule has 110 valence electrons. The minimum atomic E-state index is 0.559. The van der Waals surface area contributed by atoms with Crippen molar-refractivity contribution in [3.63, 3.8) is 0 Å². The van der Waals surface area contributed by atoms with Crippen LogP contribution in [0.25, 0.3) is 11.1 Å². The molecule has 0 radical (unpaired) electrons. The van der Waals surface area contributed by atoms with Gasteiger partial charge in [-0.05, 0) is 37.2 Å². The van der Waals surface area contributed by atoms with E-state index >= 15 is 0 Å². The topological polar surface area (TPSA) is 53.1 Å². The molecular weight excluding hydrogens is 262 g/mol. The molecular formula is C17H21N3O. The van der Waals surface area contributed by atoms with Gasteiger partial charge in [0.25, 0.3) is 0 Å². The van der Waals surface area contributed by atoms with Gasteiger partial charge in [-0.2, -0.15) is 5.10 Å². The molecule has 1 aromatic carbocycles. The lowest BCUT2D eigenvalue weighted by Gasteiger charge is -2.18. The third-order valence-corrected chi connectivity index (χ3v) is 5.23. The van der Waals surface area contributed by atoms with Crippen molar-refractivity contribution in [1.82, 2.24) is 9.78 Å². The van der Waals surface area contributed by atoms with Crippen molar-refractivity contribution >= 4 is 5.69 Å². The first kappa shape index (κ1) is 12.7. The van der Waals surface area contributed by atoms with Gasteiger partial charge >= 0.3 is 0 Å². The maximum Gasteiger partial charge on any atom is 0.149 e. The minimum Gasteiger partial charge on any atom is -0.494 e. The Morgan fingerprint density at radius 3 is 2.95 bits per heavy atom. The average molecular weight is 283 g/mol. The van der Waals surface area contributed by atoms with Gasteiger partial charge in [-0.15, -0.1) is 0 Å². The van der Waals surface area contributed by atoms with E-state index in [1.54, 1.807) is 7.11 Å². The van der Waals surface area contributed by atoms with E-state index in [-0.39, 0.29) is 0 Å². The number of nitrogen functional groups attached to an aromatic ring is 1.